The summed E-state index contributed by atoms with van der Waals surface area (Å²) in [5.41, 5.74) is 0. The topological polar surface area (TPSA) is 38.3 Å². The number of ether oxygens (including phenoxy) is 1. The third kappa shape index (κ3) is 4.98. The van der Waals surface area contributed by atoms with Gasteiger partial charge in [0.1, 0.15) is 0 Å². The van der Waals surface area contributed by atoms with Crippen LogP contribution in [-0.4, -0.2) is 18.7 Å². The van der Waals surface area contributed by atoms with Crippen LogP contribution >= 0.6 is 0 Å². The highest BCUT2D eigenvalue weighted by Crippen LogP contribution is 2.22. The van der Waals surface area contributed by atoms with Crippen LogP contribution in [0.5, 0.6) is 0 Å². The van der Waals surface area contributed by atoms with E-state index in [4.69, 9.17) is 4.74 Å². The van der Waals surface area contributed by atoms with Crippen LogP contribution in [0.15, 0.2) is 12.7 Å². The molecule has 0 aromatic carbocycles. The van der Waals surface area contributed by atoms with E-state index < -0.39 is 0 Å². The molecule has 0 spiro atoms. The molecule has 1 N–H and O–H groups in total. The molecule has 0 radical (unpaired) electrons. The standard InChI is InChI=1S/C12H21NO2/c1-3-12(14)15-10(2)13-9-11-7-5-4-6-8-11/h3,10-11,13H,1,4-9H2,2H3. The minimum atomic E-state index is -0.362. The monoisotopic (exact) mass is 211 g/mol. The third-order valence-corrected chi connectivity index (χ3v) is 2.88. The Morgan fingerprint density at radius 2 is 2.20 bits per heavy atom. The predicted molar refractivity (Wildman–Crippen MR) is 60.3 cm³/mol. The van der Waals surface area contributed by atoms with E-state index in [9.17, 15) is 4.79 Å². The molecule has 1 aliphatic carbocycles. The van der Waals surface area contributed by atoms with E-state index in [-0.39, 0.29) is 12.2 Å². The predicted octanol–water partition coefficient (Wildman–Crippen LogP) is 2.23. The van der Waals surface area contributed by atoms with Gasteiger partial charge in [0.05, 0.1) is 0 Å². The van der Waals surface area contributed by atoms with E-state index in [1.807, 2.05) is 6.92 Å². The second-order valence-electron chi connectivity index (χ2n) is 4.20. The SMILES string of the molecule is C=CC(=O)OC(C)NCC1CCCCC1. The van der Waals surface area contributed by atoms with Gasteiger partial charge in [0.25, 0.3) is 0 Å². The number of esters is 1. The molecule has 1 fully saturated rings. The maximum atomic E-state index is 10.9. The van der Waals surface area contributed by atoms with Crippen LogP contribution in [0.2, 0.25) is 0 Å². The van der Waals surface area contributed by atoms with E-state index in [1.165, 1.54) is 38.2 Å². The van der Waals surface area contributed by atoms with Crippen molar-refractivity contribution in [3.63, 3.8) is 0 Å². The van der Waals surface area contributed by atoms with Gasteiger partial charge in [-0.3, -0.25) is 5.32 Å². The van der Waals surface area contributed by atoms with Crippen molar-refractivity contribution in [3.8, 4) is 0 Å². The van der Waals surface area contributed by atoms with Gasteiger partial charge >= 0.3 is 5.97 Å². The fourth-order valence-corrected chi connectivity index (χ4v) is 1.99. The third-order valence-electron chi connectivity index (χ3n) is 2.88. The van der Waals surface area contributed by atoms with Crippen LogP contribution in [-0.2, 0) is 9.53 Å². The van der Waals surface area contributed by atoms with E-state index >= 15 is 0 Å². The first kappa shape index (κ1) is 12.2. The second-order valence-corrected chi connectivity index (χ2v) is 4.20. The molecule has 3 nitrogen and oxygen atoms in total. The van der Waals surface area contributed by atoms with Crippen LogP contribution in [0.4, 0.5) is 0 Å². The average Bonchev–Trinajstić information content (AvgIpc) is 2.27. The second kappa shape index (κ2) is 6.62. The number of hydrogen-bond donors (Lipinski definition) is 1. The van der Waals surface area contributed by atoms with E-state index in [2.05, 4.69) is 11.9 Å². The summed E-state index contributed by atoms with van der Waals surface area (Å²) in [4.78, 5) is 10.9. The normalized spacial score (nSPS) is 19.5. The Morgan fingerprint density at radius 3 is 2.80 bits per heavy atom. The van der Waals surface area contributed by atoms with Crippen LogP contribution in [0.3, 0.4) is 0 Å². The Labute approximate surface area is 91.9 Å². The highest BCUT2D eigenvalue weighted by Gasteiger charge is 2.14. The molecule has 0 saturated heterocycles. The maximum absolute atomic E-state index is 10.9. The molecule has 1 saturated carbocycles. The molecule has 0 aliphatic heterocycles. The van der Waals surface area contributed by atoms with Gasteiger partial charge in [-0.15, -0.1) is 0 Å². The van der Waals surface area contributed by atoms with Crippen molar-refractivity contribution in [3.05, 3.63) is 12.7 Å². The molecule has 0 heterocycles. The molecule has 1 unspecified atom stereocenters. The molecular formula is C12H21NO2. The van der Waals surface area contributed by atoms with Gasteiger partial charge in [-0.1, -0.05) is 25.8 Å². The van der Waals surface area contributed by atoms with Gasteiger partial charge in [0.15, 0.2) is 6.23 Å². The zero-order valence-electron chi connectivity index (χ0n) is 9.50. The van der Waals surface area contributed by atoms with E-state index in [0.29, 0.717) is 0 Å². The van der Waals surface area contributed by atoms with Crippen LogP contribution in [0, 0.1) is 5.92 Å². The Kier molecular flexibility index (Phi) is 5.40. The average molecular weight is 211 g/mol. The van der Waals surface area contributed by atoms with Crippen molar-refractivity contribution in [1.82, 2.24) is 5.32 Å². The highest BCUT2D eigenvalue weighted by atomic mass is 16.6. The quantitative estimate of drug-likeness (QED) is 0.430. The number of nitrogens with one attached hydrogen (secondary N) is 1. The molecule has 1 aliphatic rings. The summed E-state index contributed by atoms with van der Waals surface area (Å²) >= 11 is 0. The largest absolute Gasteiger partial charge is 0.444 e. The molecule has 86 valence electrons. The molecular weight excluding hydrogens is 190 g/mol. The number of carbonyl (C=O) groups excluding carboxylic acids is 1. The first-order valence-electron chi connectivity index (χ1n) is 5.79. The molecule has 1 rings (SSSR count). The molecule has 0 bridgehead atoms. The van der Waals surface area contributed by atoms with Crippen LogP contribution < -0.4 is 5.32 Å². The fourth-order valence-electron chi connectivity index (χ4n) is 1.99. The molecule has 3 heteroatoms. The first-order valence-corrected chi connectivity index (χ1v) is 5.79. The summed E-state index contributed by atoms with van der Waals surface area (Å²) in [6.45, 7) is 6.16. The summed E-state index contributed by atoms with van der Waals surface area (Å²) < 4.78 is 5.02. The molecule has 0 aromatic heterocycles. The summed E-state index contributed by atoms with van der Waals surface area (Å²) in [6, 6.07) is 0. The number of rotatable bonds is 5. The Hall–Kier alpha value is -0.830. The lowest BCUT2D eigenvalue weighted by atomic mass is 9.89. The zero-order valence-corrected chi connectivity index (χ0v) is 9.50. The van der Waals surface area contributed by atoms with Crippen LogP contribution in [0.1, 0.15) is 39.0 Å². The zero-order chi connectivity index (χ0) is 11.1. The summed E-state index contributed by atoms with van der Waals surface area (Å²) in [7, 11) is 0. The lowest BCUT2D eigenvalue weighted by Crippen LogP contribution is -2.35. The Balaban J connectivity index is 2.12. The fraction of sp³-hybridized carbons (Fsp3) is 0.750. The Morgan fingerprint density at radius 1 is 1.53 bits per heavy atom. The lowest BCUT2D eigenvalue weighted by Gasteiger charge is -2.23. The van der Waals surface area contributed by atoms with E-state index in [0.717, 1.165) is 12.5 Å². The molecule has 0 aromatic rings. The van der Waals surface area contributed by atoms with Gasteiger partial charge in [0.2, 0.25) is 0 Å². The molecule has 1 atom stereocenters. The van der Waals surface area contributed by atoms with Crippen LogP contribution in [0.25, 0.3) is 0 Å². The number of hydrogen-bond acceptors (Lipinski definition) is 3. The highest BCUT2D eigenvalue weighted by molar-refractivity contribution is 5.81. The minimum Gasteiger partial charge on any atom is -0.444 e. The maximum Gasteiger partial charge on any atom is 0.331 e. The number of carbonyl (C=O) groups is 1. The lowest BCUT2D eigenvalue weighted by molar-refractivity contribution is -0.143. The Bertz CT molecular complexity index is 210. The first-order chi connectivity index (χ1) is 7.22. The summed E-state index contributed by atoms with van der Waals surface area (Å²) in [5, 5.41) is 3.23. The van der Waals surface area contributed by atoms with Gasteiger partial charge in [-0.05, 0) is 25.7 Å². The molecule has 0 amide bonds. The van der Waals surface area contributed by atoms with Crippen molar-refractivity contribution in [2.45, 2.75) is 45.3 Å². The molecule has 15 heavy (non-hydrogen) atoms. The van der Waals surface area contributed by atoms with Crippen molar-refractivity contribution in [2.75, 3.05) is 6.54 Å². The minimum absolute atomic E-state index is 0.211. The van der Waals surface area contributed by atoms with Gasteiger partial charge in [-0.2, -0.15) is 0 Å². The summed E-state index contributed by atoms with van der Waals surface area (Å²) in [6.07, 6.45) is 7.64. The van der Waals surface area contributed by atoms with E-state index in [1.54, 1.807) is 0 Å². The smallest absolute Gasteiger partial charge is 0.331 e. The van der Waals surface area contributed by atoms with Gasteiger partial charge in [0, 0.05) is 12.6 Å². The van der Waals surface area contributed by atoms with Gasteiger partial charge in [-0.25, -0.2) is 4.79 Å². The van der Waals surface area contributed by atoms with Crippen molar-refractivity contribution in [2.24, 2.45) is 5.92 Å². The van der Waals surface area contributed by atoms with Crippen molar-refractivity contribution < 1.29 is 9.53 Å². The van der Waals surface area contributed by atoms with Crippen molar-refractivity contribution in [1.29, 1.82) is 0 Å². The van der Waals surface area contributed by atoms with Crippen molar-refractivity contribution >= 4 is 5.97 Å². The summed E-state index contributed by atoms with van der Waals surface area (Å²) in [5.74, 6) is 0.391. The van der Waals surface area contributed by atoms with Gasteiger partial charge < -0.3 is 4.74 Å².